The smallest absolute Gasteiger partial charge is 0.317 e. The Morgan fingerprint density at radius 2 is 2.11 bits per heavy atom. The van der Waals surface area contributed by atoms with Gasteiger partial charge in [-0.25, -0.2) is 4.79 Å². The molecule has 1 N–H and O–H groups in total. The van der Waals surface area contributed by atoms with Crippen molar-refractivity contribution in [2.24, 2.45) is 11.3 Å². The normalized spacial score (nSPS) is 22.7. The Bertz CT molecular complexity index is 620. The van der Waals surface area contributed by atoms with Gasteiger partial charge in [-0.3, -0.25) is 0 Å². The van der Waals surface area contributed by atoms with Gasteiger partial charge in [0.15, 0.2) is 0 Å². The van der Waals surface area contributed by atoms with E-state index in [1.807, 2.05) is 11.2 Å². The number of hydrogen-bond acceptors (Lipinski definition) is 4. The van der Waals surface area contributed by atoms with Crippen LogP contribution in [0.4, 0.5) is 4.79 Å². The molecule has 2 aliphatic rings. The van der Waals surface area contributed by atoms with Crippen LogP contribution in [-0.2, 0) is 6.54 Å². The van der Waals surface area contributed by atoms with Crippen molar-refractivity contribution < 1.29 is 4.79 Å². The second-order valence-electron chi connectivity index (χ2n) is 8.90. The first kappa shape index (κ1) is 20.1. The summed E-state index contributed by atoms with van der Waals surface area (Å²) in [6.07, 6.45) is 6.08. The summed E-state index contributed by atoms with van der Waals surface area (Å²) in [7, 11) is 2.20. The third-order valence-corrected chi connectivity index (χ3v) is 6.28. The van der Waals surface area contributed by atoms with Crippen LogP contribution in [0.25, 0.3) is 0 Å². The standard InChI is InChI=1S/C20H36N6O/c1-5-10-26-15-22-23-18(26)17-13-24(4)14-20(17)7-11-25(12-8-20)19(27)21-9-6-16(2)3/h15-17H,5-14H2,1-4H3,(H,21,27). The van der Waals surface area contributed by atoms with Gasteiger partial charge in [-0.15, -0.1) is 10.2 Å². The quantitative estimate of drug-likeness (QED) is 0.829. The van der Waals surface area contributed by atoms with Crippen LogP contribution in [0.15, 0.2) is 6.33 Å². The van der Waals surface area contributed by atoms with Crippen molar-refractivity contribution in [1.29, 1.82) is 0 Å². The van der Waals surface area contributed by atoms with Gasteiger partial charge in [-0.05, 0) is 44.1 Å². The molecule has 2 amide bonds. The zero-order chi connectivity index (χ0) is 19.4. The molecule has 3 rings (SSSR count). The molecule has 7 heteroatoms. The monoisotopic (exact) mass is 376 g/mol. The summed E-state index contributed by atoms with van der Waals surface area (Å²) in [4.78, 5) is 16.9. The highest BCUT2D eigenvalue weighted by Crippen LogP contribution is 2.48. The lowest BCUT2D eigenvalue weighted by Gasteiger charge is -2.42. The van der Waals surface area contributed by atoms with Crippen molar-refractivity contribution in [2.75, 3.05) is 39.8 Å². The molecule has 1 spiro atoms. The number of carbonyl (C=O) groups is 1. The molecule has 0 aromatic carbocycles. The van der Waals surface area contributed by atoms with Gasteiger partial charge in [0.05, 0.1) is 0 Å². The van der Waals surface area contributed by atoms with E-state index in [9.17, 15) is 4.79 Å². The van der Waals surface area contributed by atoms with E-state index in [0.29, 0.717) is 11.8 Å². The van der Waals surface area contributed by atoms with E-state index < -0.39 is 0 Å². The van der Waals surface area contributed by atoms with Crippen molar-refractivity contribution in [3.05, 3.63) is 12.2 Å². The Labute approximate surface area is 163 Å². The average Bonchev–Trinajstić information content (AvgIpc) is 3.19. The molecule has 152 valence electrons. The first-order valence-corrected chi connectivity index (χ1v) is 10.5. The number of amides is 2. The second kappa shape index (κ2) is 8.59. The number of hydrogen-bond donors (Lipinski definition) is 1. The third-order valence-electron chi connectivity index (χ3n) is 6.28. The summed E-state index contributed by atoms with van der Waals surface area (Å²) in [6.45, 7) is 12.1. The number of urea groups is 1. The van der Waals surface area contributed by atoms with Gasteiger partial charge < -0.3 is 19.7 Å². The maximum atomic E-state index is 12.5. The maximum Gasteiger partial charge on any atom is 0.317 e. The van der Waals surface area contributed by atoms with Crippen molar-refractivity contribution in [2.45, 2.75) is 58.9 Å². The molecule has 0 bridgehead atoms. The van der Waals surface area contributed by atoms with Crippen LogP contribution in [-0.4, -0.2) is 70.4 Å². The summed E-state index contributed by atoms with van der Waals surface area (Å²) in [5.74, 6) is 2.16. The molecule has 1 aromatic rings. The first-order valence-electron chi connectivity index (χ1n) is 10.5. The van der Waals surface area contributed by atoms with Crippen LogP contribution in [0, 0.1) is 11.3 Å². The van der Waals surface area contributed by atoms with E-state index in [4.69, 9.17) is 0 Å². The number of nitrogens with one attached hydrogen (secondary N) is 1. The minimum Gasteiger partial charge on any atom is -0.338 e. The number of aryl methyl sites for hydroxylation is 1. The van der Waals surface area contributed by atoms with Crippen molar-refractivity contribution in [3.63, 3.8) is 0 Å². The molecule has 0 aliphatic carbocycles. The highest BCUT2D eigenvalue weighted by atomic mass is 16.2. The SMILES string of the molecule is CCCn1cnnc1C1CN(C)CC12CCN(C(=O)NCCC(C)C)CC2. The number of carbonyl (C=O) groups excluding carboxylic acids is 1. The van der Waals surface area contributed by atoms with Crippen molar-refractivity contribution in [1.82, 2.24) is 29.9 Å². The van der Waals surface area contributed by atoms with Gasteiger partial charge in [-0.2, -0.15) is 0 Å². The zero-order valence-electron chi connectivity index (χ0n) is 17.4. The van der Waals surface area contributed by atoms with E-state index >= 15 is 0 Å². The van der Waals surface area contributed by atoms with Gasteiger partial charge in [0.25, 0.3) is 0 Å². The molecular formula is C20H36N6O. The van der Waals surface area contributed by atoms with Gasteiger partial charge >= 0.3 is 6.03 Å². The van der Waals surface area contributed by atoms with Crippen molar-refractivity contribution in [3.8, 4) is 0 Å². The highest BCUT2D eigenvalue weighted by Gasteiger charge is 2.49. The largest absolute Gasteiger partial charge is 0.338 e. The fourth-order valence-electron chi connectivity index (χ4n) is 4.76. The van der Waals surface area contributed by atoms with Gasteiger partial charge in [-0.1, -0.05) is 20.8 Å². The predicted molar refractivity (Wildman–Crippen MR) is 107 cm³/mol. The summed E-state index contributed by atoms with van der Waals surface area (Å²) >= 11 is 0. The summed E-state index contributed by atoms with van der Waals surface area (Å²) in [5, 5.41) is 11.8. The summed E-state index contributed by atoms with van der Waals surface area (Å²) in [6, 6.07) is 0.0996. The number of rotatable bonds is 6. The van der Waals surface area contributed by atoms with Crippen LogP contribution < -0.4 is 5.32 Å². The molecular weight excluding hydrogens is 340 g/mol. The highest BCUT2D eigenvalue weighted by molar-refractivity contribution is 5.74. The Kier molecular flexibility index (Phi) is 6.40. The molecule has 2 fully saturated rings. The number of likely N-dealkylation sites (tertiary alicyclic amines) is 2. The molecule has 0 saturated carbocycles. The predicted octanol–water partition coefficient (Wildman–Crippen LogP) is 2.56. The summed E-state index contributed by atoms with van der Waals surface area (Å²) in [5.41, 5.74) is 0.210. The minimum absolute atomic E-state index is 0.0996. The Morgan fingerprint density at radius 1 is 1.37 bits per heavy atom. The van der Waals surface area contributed by atoms with Crippen LogP contribution in [0.1, 0.15) is 58.2 Å². The summed E-state index contributed by atoms with van der Waals surface area (Å²) < 4.78 is 2.23. The lowest BCUT2D eigenvalue weighted by Crippen LogP contribution is -2.49. The number of aromatic nitrogens is 3. The molecule has 2 saturated heterocycles. The fourth-order valence-corrected chi connectivity index (χ4v) is 4.76. The lowest BCUT2D eigenvalue weighted by atomic mass is 9.70. The molecule has 7 nitrogen and oxygen atoms in total. The Hall–Kier alpha value is -1.63. The Balaban J connectivity index is 1.64. The molecule has 3 heterocycles. The van der Waals surface area contributed by atoms with Crippen LogP contribution in [0.2, 0.25) is 0 Å². The van der Waals surface area contributed by atoms with E-state index in [1.165, 1.54) is 0 Å². The van der Waals surface area contributed by atoms with E-state index in [0.717, 1.165) is 70.8 Å². The van der Waals surface area contributed by atoms with Gasteiger partial charge in [0.1, 0.15) is 12.2 Å². The number of piperidine rings is 1. The van der Waals surface area contributed by atoms with Gasteiger partial charge in [0.2, 0.25) is 0 Å². The average molecular weight is 377 g/mol. The third kappa shape index (κ3) is 4.45. The number of nitrogens with zero attached hydrogens (tertiary/aromatic N) is 5. The second-order valence-corrected chi connectivity index (χ2v) is 8.90. The van der Waals surface area contributed by atoms with Crippen LogP contribution >= 0.6 is 0 Å². The van der Waals surface area contributed by atoms with Crippen LogP contribution in [0.5, 0.6) is 0 Å². The van der Waals surface area contributed by atoms with Gasteiger partial charge in [0, 0.05) is 45.2 Å². The van der Waals surface area contributed by atoms with Crippen molar-refractivity contribution >= 4 is 6.03 Å². The molecule has 1 unspecified atom stereocenters. The fraction of sp³-hybridized carbons (Fsp3) is 0.850. The van der Waals surface area contributed by atoms with Crippen LogP contribution in [0.3, 0.4) is 0 Å². The minimum atomic E-state index is 0.0996. The molecule has 1 atom stereocenters. The first-order chi connectivity index (χ1) is 12.9. The zero-order valence-corrected chi connectivity index (χ0v) is 17.4. The molecule has 0 radical (unpaired) electrons. The Morgan fingerprint density at radius 3 is 2.78 bits per heavy atom. The lowest BCUT2D eigenvalue weighted by molar-refractivity contribution is 0.109. The van der Waals surface area contributed by atoms with E-state index in [-0.39, 0.29) is 11.4 Å². The molecule has 2 aliphatic heterocycles. The number of likely N-dealkylation sites (N-methyl/N-ethyl adjacent to an activating group) is 1. The molecule has 27 heavy (non-hydrogen) atoms. The molecule has 1 aromatic heterocycles. The maximum absolute atomic E-state index is 12.5. The van der Waals surface area contributed by atoms with E-state index in [1.54, 1.807) is 0 Å². The topological polar surface area (TPSA) is 66.3 Å². The van der Waals surface area contributed by atoms with E-state index in [2.05, 4.69) is 52.8 Å².